The summed E-state index contributed by atoms with van der Waals surface area (Å²) in [6.45, 7) is 4.30. The maximum Gasteiger partial charge on any atom is 0.0890 e. The van der Waals surface area contributed by atoms with Crippen LogP contribution in [0.4, 0.5) is 5.69 Å². The Morgan fingerprint density at radius 2 is 1.09 bits per heavy atom. The van der Waals surface area contributed by atoms with Crippen LogP contribution in [0.5, 0.6) is 0 Å². The van der Waals surface area contributed by atoms with Gasteiger partial charge in [0.15, 0.2) is 0 Å². The first-order chi connectivity index (χ1) is 17.2. The van der Waals surface area contributed by atoms with Crippen LogP contribution in [0.3, 0.4) is 0 Å². The lowest BCUT2D eigenvalue weighted by Crippen LogP contribution is -2.28. The maximum atomic E-state index is 5.70. The summed E-state index contributed by atoms with van der Waals surface area (Å²) >= 11 is 0. The van der Waals surface area contributed by atoms with Gasteiger partial charge in [-0.3, -0.25) is 9.73 Å². The average Bonchev–Trinajstić information content (AvgIpc) is 2.91. The first-order valence-corrected chi connectivity index (χ1v) is 13.7. The molecule has 4 aromatic carbocycles. The van der Waals surface area contributed by atoms with Gasteiger partial charge in [0.25, 0.3) is 0 Å². The Bertz CT molecular complexity index is 1410. The van der Waals surface area contributed by atoms with Crippen molar-refractivity contribution >= 4 is 28.8 Å². The number of hydrogen-bond donors (Lipinski definition) is 0. The summed E-state index contributed by atoms with van der Waals surface area (Å²) in [6.07, 6.45) is 0.793. The fourth-order valence-electron chi connectivity index (χ4n) is 4.53. The van der Waals surface area contributed by atoms with Gasteiger partial charge in [-0.15, -0.1) is 0 Å². The lowest BCUT2D eigenvalue weighted by Gasteiger charge is -2.27. The van der Waals surface area contributed by atoms with E-state index in [1.54, 1.807) is 0 Å². The molecule has 3 heteroatoms. The van der Waals surface area contributed by atoms with E-state index in [2.05, 4.69) is 141 Å². The summed E-state index contributed by atoms with van der Waals surface area (Å²) in [5.41, 5.74) is 6.77. The third-order valence-corrected chi connectivity index (χ3v) is 9.80. The second kappa shape index (κ2) is 10.3. The average molecular weight is 473 g/mol. The zero-order chi connectivity index (χ0) is 24.1. The second-order valence-corrected chi connectivity index (χ2v) is 11.8. The molecule has 172 valence electrons. The third kappa shape index (κ3) is 4.76. The van der Waals surface area contributed by atoms with Crippen molar-refractivity contribution in [2.24, 2.45) is 4.74 Å². The van der Waals surface area contributed by atoms with Gasteiger partial charge in [-0.2, -0.15) is 0 Å². The van der Waals surface area contributed by atoms with Crippen molar-refractivity contribution in [1.82, 2.24) is 4.98 Å². The fraction of sp³-hybridized carbons (Fsp3) is 0.0938. The second-order valence-electron chi connectivity index (χ2n) is 8.80. The Balaban J connectivity index is 1.83. The Kier molecular flexibility index (Phi) is 6.75. The van der Waals surface area contributed by atoms with E-state index in [0.717, 1.165) is 23.2 Å². The smallest absolute Gasteiger partial charge is 0.0890 e. The molecule has 5 rings (SSSR count). The van der Waals surface area contributed by atoms with E-state index in [-0.39, 0.29) is 0 Å². The van der Waals surface area contributed by atoms with Crippen molar-refractivity contribution in [3.8, 4) is 0 Å². The number of rotatable bonds is 6. The van der Waals surface area contributed by atoms with E-state index >= 15 is 0 Å². The lowest BCUT2D eigenvalue weighted by molar-refractivity contribution is 1.09. The van der Waals surface area contributed by atoms with Crippen LogP contribution in [0.1, 0.15) is 22.4 Å². The van der Waals surface area contributed by atoms with Crippen LogP contribution in [-0.2, 0) is 6.42 Å². The highest BCUT2D eigenvalue weighted by molar-refractivity contribution is 7.87. The van der Waals surface area contributed by atoms with Crippen molar-refractivity contribution in [3.05, 3.63) is 150 Å². The van der Waals surface area contributed by atoms with Gasteiger partial charge in [-0.1, -0.05) is 115 Å². The summed E-state index contributed by atoms with van der Waals surface area (Å²) in [5.74, 6) is 0. The molecule has 0 unspecified atom stereocenters. The van der Waals surface area contributed by atoms with Crippen LogP contribution in [-0.4, -0.2) is 4.98 Å². The maximum absolute atomic E-state index is 5.70. The molecule has 0 aliphatic carbocycles. The number of benzene rings is 4. The molecule has 0 fully saturated rings. The zero-order valence-corrected chi connectivity index (χ0v) is 21.1. The van der Waals surface area contributed by atoms with Crippen molar-refractivity contribution in [2.75, 3.05) is 0 Å². The summed E-state index contributed by atoms with van der Waals surface area (Å²) in [6, 6.07) is 44.8. The molecule has 35 heavy (non-hydrogen) atoms. The molecule has 1 heterocycles. The van der Waals surface area contributed by atoms with Crippen LogP contribution in [0.2, 0.25) is 0 Å². The molecule has 5 aromatic rings. The van der Waals surface area contributed by atoms with Gasteiger partial charge in [-0.05, 0) is 42.7 Å². The molecule has 1 aromatic heterocycles. The molecule has 0 spiro atoms. The topological polar surface area (TPSA) is 25.2 Å². The van der Waals surface area contributed by atoms with Gasteiger partial charge in [-0.25, -0.2) is 0 Å². The Morgan fingerprint density at radius 1 is 0.571 bits per heavy atom. The SMILES string of the molecule is Cc1cccc(C)c1N=P(c1ccccc1)(c1ccccc1)c1cccc(Cc2ccccc2)n1. The monoisotopic (exact) mass is 472 g/mol. The summed E-state index contributed by atoms with van der Waals surface area (Å²) in [7, 11) is -2.45. The minimum absolute atomic E-state index is 0.793. The number of nitrogens with zero attached hydrogens (tertiary/aromatic N) is 2. The van der Waals surface area contributed by atoms with E-state index in [9.17, 15) is 0 Å². The van der Waals surface area contributed by atoms with E-state index in [0.29, 0.717) is 0 Å². The van der Waals surface area contributed by atoms with Crippen LogP contribution in [0.15, 0.2) is 132 Å². The molecule has 0 N–H and O–H groups in total. The van der Waals surface area contributed by atoms with Crippen LogP contribution in [0, 0.1) is 13.8 Å². The minimum Gasteiger partial charge on any atom is -0.252 e. The number of hydrogen-bond acceptors (Lipinski definition) is 2. The fourth-order valence-corrected chi connectivity index (χ4v) is 8.09. The summed E-state index contributed by atoms with van der Waals surface area (Å²) in [4.78, 5) is 5.30. The summed E-state index contributed by atoms with van der Waals surface area (Å²) in [5, 5.41) is 2.41. The Labute approximate surface area is 208 Å². The molecule has 0 aliphatic rings. The van der Waals surface area contributed by atoms with Gasteiger partial charge < -0.3 is 0 Å². The van der Waals surface area contributed by atoms with Crippen molar-refractivity contribution in [2.45, 2.75) is 20.3 Å². The molecule has 0 saturated carbocycles. The quantitative estimate of drug-likeness (QED) is 0.242. The highest BCUT2D eigenvalue weighted by Crippen LogP contribution is 2.49. The molecule has 0 saturated heterocycles. The largest absolute Gasteiger partial charge is 0.252 e. The molecule has 0 bridgehead atoms. The predicted octanol–water partition coefficient (Wildman–Crippen LogP) is 7.10. The first-order valence-electron chi connectivity index (χ1n) is 12.0. The molecular formula is C32H29N2P. The Morgan fingerprint density at radius 3 is 1.66 bits per heavy atom. The summed E-state index contributed by atoms with van der Waals surface area (Å²) < 4.78 is 5.70. The van der Waals surface area contributed by atoms with Gasteiger partial charge in [0, 0.05) is 22.7 Å². The standard InChI is InChI=1S/C32H29N2P/c1-25-14-12-15-26(2)32(25)34-35(29-19-8-4-9-20-29,30-21-10-5-11-22-30)31-23-13-18-28(33-31)24-27-16-6-3-7-17-27/h3-23H,24H2,1-2H3. The van der Waals surface area contributed by atoms with Crippen LogP contribution >= 0.6 is 7.05 Å². The van der Waals surface area contributed by atoms with Gasteiger partial charge in [0.1, 0.15) is 0 Å². The molecular weight excluding hydrogens is 443 g/mol. The van der Waals surface area contributed by atoms with E-state index < -0.39 is 7.05 Å². The zero-order valence-electron chi connectivity index (χ0n) is 20.2. The lowest BCUT2D eigenvalue weighted by atomic mass is 10.1. The number of pyridine rings is 1. The molecule has 0 aliphatic heterocycles. The van der Waals surface area contributed by atoms with Crippen molar-refractivity contribution < 1.29 is 0 Å². The number of aromatic nitrogens is 1. The first kappa shape index (κ1) is 23.0. The van der Waals surface area contributed by atoms with E-state index in [1.807, 2.05) is 0 Å². The highest BCUT2D eigenvalue weighted by atomic mass is 31.2. The van der Waals surface area contributed by atoms with Crippen LogP contribution in [0.25, 0.3) is 0 Å². The minimum atomic E-state index is -2.45. The predicted molar refractivity (Wildman–Crippen MR) is 150 cm³/mol. The molecule has 2 nitrogen and oxygen atoms in total. The van der Waals surface area contributed by atoms with Gasteiger partial charge in [0.05, 0.1) is 18.2 Å². The normalized spacial score (nSPS) is 11.3. The van der Waals surface area contributed by atoms with Gasteiger partial charge >= 0.3 is 0 Å². The third-order valence-electron chi connectivity index (χ3n) is 6.30. The Hall–Kier alpha value is -3.74. The van der Waals surface area contributed by atoms with E-state index in [4.69, 9.17) is 9.73 Å². The molecule has 0 amide bonds. The van der Waals surface area contributed by atoms with E-state index in [1.165, 1.54) is 27.3 Å². The number of aryl methyl sites for hydroxylation is 2. The highest BCUT2D eigenvalue weighted by Gasteiger charge is 2.29. The molecule has 0 atom stereocenters. The van der Waals surface area contributed by atoms with Crippen LogP contribution < -0.4 is 16.0 Å². The molecule has 0 radical (unpaired) electrons. The van der Waals surface area contributed by atoms with Crippen molar-refractivity contribution in [1.29, 1.82) is 0 Å². The van der Waals surface area contributed by atoms with Crippen molar-refractivity contribution in [3.63, 3.8) is 0 Å². The van der Waals surface area contributed by atoms with Gasteiger partial charge in [0.2, 0.25) is 0 Å².